The summed E-state index contributed by atoms with van der Waals surface area (Å²) < 4.78 is 10.7. The van der Waals surface area contributed by atoms with Crippen LogP contribution in [0, 0.1) is 0 Å². The molecular weight excluding hydrogens is 981 g/mol. The van der Waals surface area contributed by atoms with Crippen LogP contribution in [-0.2, 0) is 19.1 Å². The maximum absolute atomic E-state index is 12.3. The van der Waals surface area contributed by atoms with Crippen molar-refractivity contribution in [3.05, 3.63) is 170 Å². The molecule has 0 aliphatic carbocycles. The van der Waals surface area contributed by atoms with Gasteiger partial charge in [0, 0.05) is 12.8 Å². The third kappa shape index (κ3) is 65.8. The highest BCUT2D eigenvalue weighted by Crippen LogP contribution is 2.16. The molecular formula is C75H120O5. The molecule has 0 radical (unpaired) electrons. The minimum absolute atomic E-state index is 0.0809. The van der Waals surface area contributed by atoms with Crippen LogP contribution in [0.25, 0.3) is 0 Å². The first-order valence-corrected chi connectivity index (χ1v) is 32.7. The monoisotopic (exact) mass is 1100 g/mol. The number of carbonyl (C=O) groups excluding carboxylic acids is 2. The van der Waals surface area contributed by atoms with Crippen LogP contribution in [0.3, 0.4) is 0 Å². The molecule has 0 aromatic heterocycles. The summed E-state index contributed by atoms with van der Waals surface area (Å²) in [7, 11) is 0. The van der Waals surface area contributed by atoms with E-state index in [1.165, 1.54) is 109 Å². The molecule has 450 valence electrons. The Morgan fingerprint density at radius 1 is 0.287 bits per heavy atom. The number of aliphatic hydroxyl groups excluding tert-OH is 1. The van der Waals surface area contributed by atoms with Crippen LogP contribution in [0.5, 0.6) is 0 Å². The van der Waals surface area contributed by atoms with Crippen molar-refractivity contribution in [2.75, 3.05) is 13.2 Å². The fourth-order valence-electron chi connectivity index (χ4n) is 8.69. The van der Waals surface area contributed by atoms with Gasteiger partial charge in [-0.1, -0.05) is 300 Å². The average Bonchev–Trinajstić information content (AvgIpc) is 3.46. The molecule has 0 aromatic carbocycles. The second-order valence-corrected chi connectivity index (χ2v) is 21.1. The van der Waals surface area contributed by atoms with Gasteiger partial charge < -0.3 is 14.6 Å². The molecule has 0 bridgehead atoms. The molecule has 0 amide bonds. The summed E-state index contributed by atoms with van der Waals surface area (Å²) in [5, 5.41) is 9.69. The zero-order valence-corrected chi connectivity index (χ0v) is 51.5. The van der Waals surface area contributed by atoms with Crippen molar-refractivity contribution in [3.63, 3.8) is 0 Å². The third-order valence-corrected chi connectivity index (χ3v) is 13.5. The van der Waals surface area contributed by atoms with Crippen molar-refractivity contribution >= 4 is 11.9 Å². The molecule has 0 heterocycles. The van der Waals surface area contributed by atoms with Gasteiger partial charge in [0.1, 0.15) is 6.61 Å². The molecule has 0 aliphatic rings. The Hall–Kier alpha value is -4.74. The Kier molecular flexibility index (Phi) is 64.5. The van der Waals surface area contributed by atoms with E-state index in [0.29, 0.717) is 12.8 Å². The molecule has 0 aliphatic heterocycles. The number of hydrogen-bond donors (Lipinski definition) is 1. The van der Waals surface area contributed by atoms with Crippen LogP contribution in [0.15, 0.2) is 170 Å². The fraction of sp³-hybridized carbons (Fsp3) is 0.600. The van der Waals surface area contributed by atoms with Crippen molar-refractivity contribution in [1.29, 1.82) is 0 Å². The van der Waals surface area contributed by atoms with Crippen molar-refractivity contribution in [2.24, 2.45) is 0 Å². The van der Waals surface area contributed by atoms with Crippen molar-refractivity contribution in [3.8, 4) is 0 Å². The van der Waals surface area contributed by atoms with Gasteiger partial charge in [0.05, 0.1) is 6.61 Å². The Morgan fingerprint density at radius 2 is 0.500 bits per heavy atom. The van der Waals surface area contributed by atoms with E-state index in [0.717, 1.165) is 135 Å². The molecule has 0 spiro atoms. The summed E-state index contributed by atoms with van der Waals surface area (Å²) in [5.74, 6) is -0.613. The second-order valence-electron chi connectivity index (χ2n) is 21.1. The van der Waals surface area contributed by atoms with Crippen molar-refractivity contribution in [1.82, 2.24) is 0 Å². The maximum Gasteiger partial charge on any atom is 0.306 e. The lowest BCUT2D eigenvalue weighted by molar-refractivity contribution is -0.161. The molecule has 0 rings (SSSR count). The first kappa shape index (κ1) is 75.3. The van der Waals surface area contributed by atoms with Crippen LogP contribution in [0.2, 0.25) is 0 Å². The van der Waals surface area contributed by atoms with Gasteiger partial charge in [-0.05, 0) is 128 Å². The Bertz CT molecular complexity index is 1770. The summed E-state index contributed by atoms with van der Waals surface area (Å²) >= 11 is 0. The number of rotatable bonds is 58. The summed E-state index contributed by atoms with van der Waals surface area (Å²) in [6.07, 6.45) is 106. The first-order chi connectivity index (χ1) is 39.6. The van der Waals surface area contributed by atoms with Gasteiger partial charge in [0.2, 0.25) is 0 Å². The van der Waals surface area contributed by atoms with Gasteiger partial charge in [-0.25, -0.2) is 0 Å². The van der Waals surface area contributed by atoms with E-state index in [4.69, 9.17) is 9.47 Å². The van der Waals surface area contributed by atoms with E-state index in [1.807, 2.05) is 0 Å². The quantitative estimate of drug-likeness (QED) is 0.0373. The first-order valence-electron chi connectivity index (χ1n) is 32.7. The van der Waals surface area contributed by atoms with Crippen molar-refractivity contribution in [2.45, 2.75) is 277 Å². The van der Waals surface area contributed by atoms with Gasteiger partial charge in [0.15, 0.2) is 6.10 Å². The summed E-state index contributed by atoms with van der Waals surface area (Å²) in [5.41, 5.74) is 0. The van der Waals surface area contributed by atoms with Crippen LogP contribution < -0.4 is 0 Å². The van der Waals surface area contributed by atoms with E-state index in [1.54, 1.807) is 0 Å². The predicted molar refractivity (Wildman–Crippen MR) is 352 cm³/mol. The summed E-state index contributed by atoms with van der Waals surface area (Å²) in [6.45, 7) is 3.90. The number of aliphatic hydroxyl groups is 1. The molecule has 1 atom stereocenters. The number of esters is 2. The van der Waals surface area contributed by atoms with E-state index in [9.17, 15) is 14.7 Å². The van der Waals surface area contributed by atoms with Gasteiger partial charge in [-0.2, -0.15) is 0 Å². The zero-order chi connectivity index (χ0) is 57.6. The highest BCUT2D eigenvalue weighted by Gasteiger charge is 2.16. The lowest BCUT2D eigenvalue weighted by Crippen LogP contribution is -2.28. The third-order valence-electron chi connectivity index (χ3n) is 13.5. The van der Waals surface area contributed by atoms with Crippen molar-refractivity contribution < 1.29 is 24.2 Å². The minimum atomic E-state index is -0.793. The van der Waals surface area contributed by atoms with Gasteiger partial charge in [-0.15, -0.1) is 0 Å². The number of carbonyl (C=O) groups is 2. The number of hydrogen-bond acceptors (Lipinski definition) is 5. The Balaban J connectivity index is 3.56. The molecule has 80 heavy (non-hydrogen) atoms. The second kappa shape index (κ2) is 68.5. The van der Waals surface area contributed by atoms with Crippen LogP contribution in [-0.4, -0.2) is 36.4 Å². The number of ether oxygens (including phenoxy) is 2. The normalized spacial score (nSPS) is 13.4. The lowest BCUT2D eigenvalue weighted by atomic mass is 10.0. The molecule has 5 heteroatoms. The van der Waals surface area contributed by atoms with Crippen LogP contribution in [0.4, 0.5) is 0 Å². The highest BCUT2D eigenvalue weighted by atomic mass is 16.6. The molecule has 0 saturated carbocycles. The molecule has 0 saturated heterocycles. The van der Waals surface area contributed by atoms with Crippen LogP contribution >= 0.6 is 0 Å². The fourth-order valence-corrected chi connectivity index (χ4v) is 8.69. The average molecular weight is 1100 g/mol. The van der Waals surface area contributed by atoms with E-state index < -0.39 is 6.10 Å². The summed E-state index contributed by atoms with van der Waals surface area (Å²) in [4.78, 5) is 24.6. The van der Waals surface area contributed by atoms with Gasteiger partial charge in [-0.3, -0.25) is 9.59 Å². The molecule has 1 unspecified atom stereocenters. The Morgan fingerprint density at radius 3 is 0.750 bits per heavy atom. The highest BCUT2D eigenvalue weighted by molar-refractivity contribution is 5.70. The largest absolute Gasteiger partial charge is 0.462 e. The summed E-state index contributed by atoms with van der Waals surface area (Å²) in [6, 6.07) is 0. The molecule has 0 aromatic rings. The molecule has 0 fully saturated rings. The van der Waals surface area contributed by atoms with Gasteiger partial charge >= 0.3 is 11.9 Å². The van der Waals surface area contributed by atoms with Gasteiger partial charge in [0.25, 0.3) is 0 Å². The smallest absolute Gasteiger partial charge is 0.306 e. The van der Waals surface area contributed by atoms with E-state index in [-0.39, 0.29) is 25.2 Å². The SMILES string of the molecule is CC/C=C\C/C=C\C/C=C\C/C=C\C/C=C\C/C=C\C/C=C\C/C=C\CCCCCCCCC(=O)OC(CO)COC(=O)CCCCCCCCCCCCCCCCCC/C=C\C/C=C\C/C=C\C/C=C\C/C=C\C/C=C\CC. The molecule has 1 N–H and O–H groups in total. The maximum atomic E-state index is 12.3. The van der Waals surface area contributed by atoms with Crippen LogP contribution in [0.1, 0.15) is 271 Å². The van der Waals surface area contributed by atoms with E-state index in [2.05, 4.69) is 184 Å². The van der Waals surface area contributed by atoms with E-state index >= 15 is 0 Å². The predicted octanol–water partition coefficient (Wildman–Crippen LogP) is 22.9. The lowest BCUT2D eigenvalue weighted by Gasteiger charge is -2.15. The minimum Gasteiger partial charge on any atom is -0.462 e. The number of allylic oxidation sites excluding steroid dienone is 28. The Labute approximate surface area is 493 Å². The molecule has 5 nitrogen and oxygen atoms in total. The standard InChI is InChI=1S/C75H120O5/c1-3-5-7-9-11-13-15-17-19-21-23-25-27-29-31-33-35-36-37-38-40-41-43-45-47-49-51-53-55-57-59-61-63-65-67-69-74(77)79-72-73(71-76)80-75(78)70-68-66-64-62-60-58-56-54-52-50-48-46-44-42-39-34-32-30-28-26-24-22-20-18-16-14-12-10-8-6-4-2/h5-8,11-14,17-20,23-26,29-32,35-36,39,42,46,48,52,54,73,76H,3-4,9-10,15-16,21-22,27-28,33-34,37-38,40-41,43-45,47,49-51,53,55-72H2,1-2H3/b7-5-,8-6-,13-11-,14-12-,19-17-,20-18-,25-23-,26-24-,31-29-,32-30-,36-35-,42-39-,48-46-,54-52-. The topological polar surface area (TPSA) is 72.8 Å². The number of unbranched alkanes of at least 4 members (excludes halogenated alkanes) is 22. The zero-order valence-electron chi connectivity index (χ0n) is 51.5.